The molecule has 100 valence electrons. The van der Waals surface area contributed by atoms with Gasteiger partial charge in [0.05, 0.1) is 12.0 Å². The van der Waals surface area contributed by atoms with Crippen LogP contribution in [0.3, 0.4) is 0 Å². The number of hydrogen-bond donors (Lipinski definition) is 0. The first kappa shape index (κ1) is 13.4. The quantitative estimate of drug-likeness (QED) is 0.853. The Balaban J connectivity index is 2.21. The molecule has 2 aromatic rings. The van der Waals surface area contributed by atoms with Crippen molar-refractivity contribution < 1.29 is 13.7 Å². The molecule has 0 radical (unpaired) electrons. The third-order valence-electron chi connectivity index (χ3n) is 2.73. The van der Waals surface area contributed by atoms with Gasteiger partial charge >= 0.3 is 0 Å². The molecule has 0 aliphatic rings. The number of rotatable bonds is 3. The van der Waals surface area contributed by atoms with Crippen molar-refractivity contribution >= 4 is 5.78 Å². The molecule has 0 saturated carbocycles. The summed E-state index contributed by atoms with van der Waals surface area (Å²) < 4.78 is 18.5. The van der Waals surface area contributed by atoms with Crippen LogP contribution < -0.4 is 0 Å². The minimum absolute atomic E-state index is 0.00349. The van der Waals surface area contributed by atoms with Crippen LogP contribution in [0.2, 0.25) is 0 Å². The van der Waals surface area contributed by atoms with E-state index >= 15 is 0 Å². The molecule has 0 spiro atoms. The molecule has 5 heteroatoms. The minimum Gasteiger partial charge on any atom is -0.338 e. The van der Waals surface area contributed by atoms with Gasteiger partial charge in [0.25, 0.3) is 0 Å². The molecule has 0 saturated heterocycles. The average molecular weight is 262 g/mol. The summed E-state index contributed by atoms with van der Waals surface area (Å²) in [6.07, 6.45) is 0.0605. The van der Waals surface area contributed by atoms with Crippen LogP contribution in [0, 0.1) is 11.2 Å². The third kappa shape index (κ3) is 3.05. The first-order valence-electron chi connectivity index (χ1n) is 5.99. The van der Waals surface area contributed by atoms with Crippen molar-refractivity contribution in [2.75, 3.05) is 0 Å². The Morgan fingerprint density at radius 1 is 1.32 bits per heavy atom. The predicted molar refractivity (Wildman–Crippen MR) is 67.9 cm³/mol. The number of hydrogen-bond acceptors (Lipinski definition) is 4. The number of aromatic nitrogens is 2. The van der Waals surface area contributed by atoms with E-state index < -0.39 is 11.2 Å². The second-order valence-electron chi connectivity index (χ2n) is 5.34. The summed E-state index contributed by atoms with van der Waals surface area (Å²) in [5, 5.41) is 3.70. The summed E-state index contributed by atoms with van der Waals surface area (Å²) in [5.74, 6) is -0.0544. The molecular formula is C14H15FN2O2. The Morgan fingerprint density at radius 3 is 2.63 bits per heavy atom. The Bertz CT molecular complexity index is 599. The lowest BCUT2D eigenvalue weighted by Crippen LogP contribution is -2.22. The number of nitrogens with zero attached hydrogens (tertiary/aromatic N) is 2. The van der Waals surface area contributed by atoms with Gasteiger partial charge in [-0.15, -0.1) is 0 Å². The van der Waals surface area contributed by atoms with Crippen molar-refractivity contribution in [2.24, 2.45) is 5.41 Å². The lowest BCUT2D eigenvalue weighted by atomic mass is 9.89. The Hall–Kier alpha value is -2.04. The first-order valence-corrected chi connectivity index (χ1v) is 5.99. The van der Waals surface area contributed by atoms with Crippen molar-refractivity contribution in [3.63, 3.8) is 0 Å². The van der Waals surface area contributed by atoms with Gasteiger partial charge in [-0.1, -0.05) is 38.1 Å². The standard InChI is InChI=1S/C14H15FN2O2/c1-14(2,3)11(18)8-12-16-13(17-19-12)9-6-4-5-7-10(9)15/h4-7H,8H2,1-3H3. The highest BCUT2D eigenvalue weighted by atomic mass is 19.1. The van der Waals surface area contributed by atoms with Crippen molar-refractivity contribution in [1.82, 2.24) is 10.1 Å². The summed E-state index contributed by atoms with van der Waals surface area (Å²) in [6.45, 7) is 5.47. The van der Waals surface area contributed by atoms with E-state index in [1.54, 1.807) is 18.2 Å². The van der Waals surface area contributed by atoms with E-state index in [9.17, 15) is 9.18 Å². The molecule has 4 nitrogen and oxygen atoms in total. The molecule has 1 heterocycles. The van der Waals surface area contributed by atoms with E-state index in [-0.39, 0.29) is 29.5 Å². The number of carbonyl (C=O) groups excluding carboxylic acids is 1. The average Bonchev–Trinajstić information content (AvgIpc) is 2.76. The van der Waals surface area contributed by atoms with Crippen LogP contribution in [-0.2, 0) is 11.2 Å². The molecule has 1 aromatic heterocycles. The van der Waals surface area contributed by atoms with Gasteiger partial charge in [0.2, 0.25) is 11.7 Å². The number of Topliss-reactive ketones (excluding diaryl/α,β-unsaturated/α-hetero) is 1. The smallest absolute Gasteiger partial charge is 0.234 e. The van der Waals surface area contributed by atoms with Crippen molar-refractivity contribution in [1.29, 1.82) is 0 Å². The normalized spacial score (nSPS) is 11.6. The molecule has 0 amide bonds. The van der Waals surface area contributed by atoms with Crippen molar-refractivity contribution in [3.8, 4) is 11.4 Å². The van der Waals surface area contributed by atoms with Crippen molar-refractivity contribution in [2.45, 2.75) is 27.2 Å². The topological polar surface area (TPSA) is 56.0 Å². The van der Waals surface area contributed by atoms with Crippen LogP contribution in [0.1, 0.15) is 26.7 Å². The van der Waals surface area contributed by atoms with Gasteiger partial charge in [0.15, 0.2) is 0 Å². The number of ketones is 1. The Labute approximate surface area is 110 Å². The third-order valence-corrected chi connectivity index (χ3v) is 2.73. The zero-order chi connectivity index (χ0) is 14.0. The first-order chi connectivity index (χ1) is 8.88. The molecular weight excluding hydrogens is 247 g/mol. The van der Waals surface area contributed by atoms with Crippen LogP contribution in [0.25, 0.3) is 11.4 Å². The highest BCUT2D eigenvalue weighted by Crippen LogP contribution is 2.21. The number of benzene rings is 1. The molecule has 0 fully saturated rings. The van der Waals surface area contributed by atoms with E-state index in [0.717, 1.165) is 0 Å². The maximum absolute atomic E-state index is 13.5. The van der Waals surface area contributed by atoms with Gasteiger partial charge in [-0.05, 0) is 12.1 Å². The maximum atomic E-state index is 13.5. The molecule has 0 atom stereocenters. The van der Waals surface area contributed by atoms with Gasteiger partial charge in [-0.2, -0.15) is 4.98 Å². The highest BCUT2D eigenvalue weighted by molar-refractivity contribution is 5.85. The number of halogens is 1. The lowest BCUT2D eigenvalue weighted by molar-refractivity contribution is -0.125. The lowest BCUT2D eigenvalue weighted by Gasteiger charge is -2.14. The van der Waals surface area contributed by atoms with Gasteiger partial charge in [-0.3, -0.25) is 4.79 Å². The number of carbonyl (C=O) groups is 1. The molecule has 0 bridgehead atoms. The van der Waals surface area contributed by atoms with Crippen molar-refractivity contribution in [3.05, 3.63) is 36.0 Å². The molecule has 2 rings (SSSR count). The molecule has 0 aliphatic carbocycles. The largest absolute Gasteiger partial charge is 0.338 e. The minimum atomic E-state index is -0.466. The van der Waals surface area contributed by atoms with Gasteiger partial charge in [-0.25, -0.2) is 4.39 Å². The molecule has 0 unspecified atom stereocenters. The molecule has 19 heavy (non-hydrogen) atoms. The fraction of sp³-hybridized carbons (Fsp3) is 0.357. The van der Waals surface area contributed by atoms with Crippen LogP contribution >= 0.6 is 0 Å². The van der Waals surface area contributed by atoms with E-state index in [4.69, 9.17) is 4.52 Å². The van der Waals surface area contributed by atoms with Crippen LogP contribution in [0.5, 0.6) is 0 Å². The monoisotopic (exact) mass is 262 g/mol. The second-order valence-corrected chi connectivity index (χ2v) is 5.34. The van der Waals surface area contributed by atoms with E-state index in [0.29, 0.717) is 0 Å². The van der Waals surface area contributed by atoms with Gasteiger partial charge in [0, 0.05) is 5.41 Å². The maximum Gasteiger partial charge on any atom is 0.234 e. The molecule has 1 aromatic carbocycles. The summed E-state index contributed by atoms with van der Waals surface area (Å²) in [5.41, 5.74) is -0.201. The second kappa shape index (κ2) is 4.91. The fourth-order valence-electron chi connectivity index (χ4n) is 1.48. The van der Waals surface area contributed by atoms with Gasteiger partial charge in [0.1, 0.15) is 11.6 Å². The Kier molecular flexibility index (Phi) is 3.46. The van der Waals surface area contributed by atoms with Gasteiger partial charge < -0.3 is 4.52 Å². The van der Waals surface area contributed by atoms with Crippen LogP contribution in [0.4, 0.5) is 4.39 Å². The van der Waals surface area contributed by atoms with E-state index in [1.165, 1.54) is 6.07 Å². The summed E-state index contributed by atoms with van der Waals surface area (Å²) >= 11 is 0. The zero-order valence-corrected chi connectivity index (χ0v) is 11.1. The van der Waals surface area contributed by atoms with Crippen LogP contribution in [-0.4, -0.2) is 15.9 Å². The fourth-order valence-corrected chi connectivity index (χ4v) is 1.48. The van der Waals surface area contributed by atoms with Crippen LogP contribution in [0.15, 0.2) is 28.8 Å². The van der Waals surface area contributed by atoms with E-state index in [2.05, 4.69) is 10.1 Å². The van der Waals surface area contributed by atoms with E-state index in [1.807, 2.05) is 20.8 Å². The molecule has 0 aliphatic heterocycles. The predicted octanol–water partition coefficient (Wildman–Crippen LogP) is 3.03. The Morgan fingerprint density at radius 2 is 2.00 bits per heavy atom. The summed E-state index contributed by atoms with van der Waals surface area (Å²) in [7, 11) is 0. The SMILES string of the molecule is CC(C)(C)C(=O)Cc1nc(-c2ccccc2F)no1. The zero-order valence-electron chi connectivity index (χ0n) is 11.1. The summed E-state index contributed by atoms with van der Waals surface area (Å²) in [4.78, 5) is 15.9. The molecule has 0 N–H and O–H groups in total. The highest BCUT2D eigenvalue weighted by Gasteiger charge is 2.24. The summed E-state index contributed by atoms with van der Waals surface area (Å²) in [6, 6.07) is 6.17.